The van der Waals surface area contributed by atoms with E-state index in [2.05, 4.69) is 18.0 Å². The fourth-order valence-electron chi connectivity index (χ4n) is 2.78. The van der Waals surface area contributed by atoms with Crippen molar-refractivity contribution in [3.8, 4) is 5.75 Å². The molecule has 0 aromatic heterocycles. The van der Waals surface area contributed by atoms with Crippen LogP contribution in [0.15, 0.2) is 18.2 Å². The normalized spacial score (nSPS) is 17.2. The standard InChI is InChI=1S/C15H24N2O/c1-17(13-7-5-3-4-6-8-13)14-9-12(16)10-15(11-14)18-2/h9-11,13H,3-8,16H2,1-2H3. The first-order valence-electron chi connectivity index (χ1n) is 6.88. The van der Waals surface area contributed by atoms with Crippen LogP contribution in [0.1, 0.15) is 38.5 Å². The zero-order chi connectivity index (χ0) is 13.0. The molecular formula is C15H24N2O. The van der Waals surface area contributed by atoms with Gasteiger partial charge < -0.3 is 15.4 Å². The molecule has 0 radical (unpaired) electrons. The van der Waals surface area contributed by atoms with Crippen LogP contribution in [0.3, 0.4) is 0 Å². The summed E-state index contributed by atoms with van der Waals surface area (Å²) in [4.78, 5) is 2.37. The Morgan fingerprint density at radius 3 is 2.39 bits per heavy atom. The number of hydrogen-bond acceptors (Lipinski definition) is 3. The van der Waals surface area contributed by atoms with Crippen LogP contribution < -0.4 is 15.4 Å². The van der Waals surface area contributed by atoms with E-state index in [4.69, 9.17) is 10.5 Å². The Balaban J connectivity index is 2.15. The van der Waals surface area contributed by atoms with Gasteiger partial charge in [-0.25, -0.2) is 0 Å². The topological polar surface area (TPSA) is 38.5 Å². The number of nitrogen functional groups attached to an aromatic ring is 1. The summed E-state index contributed by atoms with van der Waals surface area (Å²) in [7, 11) is 3.86. The number of benzene rings is 1. The van der Waals surface area contributed by atoms with E-state index in [1.807, 2.05) is 12.1 Å². The molecule has 1 aliphatic carbocycles. The molecule has 0 spiro atoms. The largest absolute Gasteiger partial charge is 0.497 e. The van der Waals surface area contributed by atoms with Crippen molar-refractivity contribution < 1.29 is 4.74 Å². The molecule has 100 valence electrons. The predicted molar refractivity (Wildman–Crippen MR) is 77.3 cm³/mol. The summed E-state index contributed by atoms with van der Waals surface area (Å²) in [6.45, 7) is 0. The Morgan fingerprint density at radius 2 is 1.78 bits per heavy atom. The van der Waals surface area contributed by atoms with E-state index in [9.17, 15) is 0 Å². The maximum absolute atomic E-state index is 5.93. The highest BCUT2D eigenvalue weighted by molar-refractivity contribution is 5.60. The average molecular weight is 248 g/mol. The van der Waals surface area contributed by atoms with E-state index in [1.165, 1.54) is 44.2 Å². The molecule has 0 atom stereocenters. The summed E-state index contributed by atoms with van der Waals surface area (Å²) in [5.74, 6) is 0.838. The number of rotatable bonds is 3. The maximum Gasteiger partial charge on any atom is 0.122 e. The number of ether oxygens (including phenoxy) is 1. The molecule has 0 aliphatic heterocycles. The van der Waals surface area contributed by atoms with Crippen LogP contribution in [0.5, 0.6) is 5.75 Å². The Morgan fingerprint density at radius 1 is 1.11 bits per heavy atom. The highest BCUT2D eigenvalue weighted by atomic mass is 16.5. The lowest BCUT2D eigenvalue weighted by Gasteiger charge is -2.29. The number of hydrogen-bond donors (Lipinski definition) is 1. The Labute approximate surface area is 110 Å². The summed E-state index contributed by atoms with van der Waals surface area (Å²) in [5.41, 5.74) is 7.86. The molecule has 1 fully saturated rings. The first-order chi connectivity index (χ1) is 8.70. The smallest absolute Gasteiger partial charge is 0.122 e. The molecule has 1 saturated carbocycles. The van der Waals surface area contributed by atoms with Gasteiger partial charge in [-0.15, -0.1) is 0 Å². The third kappa shape index (κ3) is 3.09. The number of nitrogens with two attached hydrogens (primary N) is 1. The predicted octanol–water partition coefficient (Wildman–Crippen LogP) is 3.44. The van der Waals surface area contributed by atoms with Gasteiger partial charge in [-0.3, -0.25) is 0 Å². The van der Waals surface area contributed by atoms with Crippen molar-refractivity contribution >= 4 is 11.4 Å². The van der Waals surface area contributed by atoms with Crippen LogP contribution in [0.25, 0.3) is 0 Å². The third-order valence-electron chi connectivity index (χ3n) is 3.93. The summed E-state index contributed by atoms with van der Waals surface area (Å²) in [6, 6.07) is 6.61. The van der Waals surface area contributed by atoms with E-state index in [0.29, 0.717) is 6.04 Å². The molecule has 1 aromatic carbocycles. The van der Waals surface area contributed by atoms with Crippen LogP contribution in [-0.2, 0) is 0 Å². The second-order valence-electron chi connectivity index (χ2n) is 5.22. The molecule has 3 heteroatoms. The zero-order valence-corrected chi connectivity index (χ0v) is 11.5. The second kappa shape index (κ2) is 5.98. The fraction of sp³-hybridized carbons (Fsp3) is 0.600. The quantitative estimate of drug-likeness (QED) is 0.658. The van der Waals surface area contributed by atoms with Gasteiger partial charge in [0.05, 0.1) is 7.11 Å². The summed E-state index contributed by atoms with van der Waals surface area (Å²) in [6.07, 6.45) is 8.01. The Hall–Kier alpha value is -1.38. The molecule has 1 aromatic rings. The van der Waals surface area contributed by atoms with Crippen LogP contribution in [-0.4, -0.2) is 20.2 Å². The SMILES string of the molecule is COc1cc(N)cc(N(C)C2CCCCCC2)c1. The van der Waals surface area contributed by atoms with E-state index < -0.39 is 0 Å². The van der Waals surface area contributed by atoms with Crippen LogP contribution in [0.2, 0.25) is 0 Å². The van der Waals surface area contributed by atoms with Gasteiger partial charge in [0, 0.05) is 36.6 Å². The first kappa shape index (κ1) is 13.1. The van der Waals surface area contributed by atoms with E-state index in [1.54, 1.807) is 7.11 Å². The van der Waals surface area contributed by atoms with E-state index in [0.717, 1.165) is 11.4 Å². The maximum atomic E-state index is 5.93. The average Bonchev–Trinajstić information content (AvgIpc) is 2.65. The van der Waals surface area contributed by atoms with Crippen molar-refractivity contribution in [1.29, 1.82) is 0 Å². The second-order valence-corrected chi connectivity index (χ2v) is 5.22. The molecule has 0 unspecified atom stereocenters. The third-order valence-corrected chi connectivity index (χ3v) is 3.93. The van der Waals surface area contributed by atoms with Crippen molar-refractivity contribution in [2.75, 3.05) is 24.8 Å². The minimum absolute atomic E-state index is 0.638. The van der Waals surface area contributed by atoms with Gasteiger partial charge in [0.15, 0.2) is 0 Å². The van der Waals surface area contributed by atoms with Crippen LogP contribution in [0, 0.1) is 0 Å². The molecule has 3 nitrogen and oxygen atoms in total. The van der Waals surface area contributed by atoms with Crippen molar-refractivity contribution in [2.24, 2.45) is 0 Å². The summed E-state index contributed by atoms with van der Waals surface area (Å²) < 4.78 is 5.29. The molecule has 1 aliphatic rings. The molecule has 0 heterocycles. The van der Waals surface area contributed by atoms with Crippen LogP contribution >= 0.6 is 0 Å². The molecule has 0 saturated heterocycles. The van der Waals surface area contributed by atoms with Crippen LogP contribution in [0.4, 0.5) is 11.4 Å². The van der Waals surface area contributed by atoms with Crippen molar-refractivity contribution in [3.63, 3.8) is 0 Å². The lowest BCUT2D eigenvalue weighted by atomic mass is 10.1. The van der Waals surface area contributed by atoms with Crippen molar-refractivity contribution in [2.45, 2.75) is 44.6 Å². The highest BCUT2D eigenvalue weighted by Crippen LogP contribution is 2.29. The first-order valence-corrected chi connectivity index (χ1v) is 6.88. The molecule has 0 amide bonds. The summed E-state index contributed by atoms with van der Waals surface area (Å²) in [5, 5.41) is 0. The molecule has 2 rings (SSSR count). The van der Waals surface area contributed by atoms with E-state index >= 15 is 0 Å². The van der Waals surface area contributed by atoms with Gasteiger partial charge >= 0.3 is 0 Å². The van der Waals surface area contributed by atoms with Crippen molar-refractivity contribution in [1.82, 2.24) is 0 Å². The minimum atomic E-state index is 0.638. The number of methoxy groups -OCH3 is 1. The minimum Gasteiger partial charge on any atom is -0.497 e. The number of anilines is 2. The molecule has 2 N–H and O–H groups in total. The van der Waals surface area contributed by atoms with Crippen molar-refractivity contribution in [3.05, 3.63) is 18.2 Å². The van der Waals surface area contributed by atoms with Gasteiger partial charge in [0.2, 0.25) is 0 Å². The summed E-state index contributed by atoms with van der Waals surface area (Å²) >= 11 is 0. The Kier molecular flexibility index (Phi) is 4.34. The molecule has 18 heavy (non-hydrogen) atoms. The number of nitrogens with zero attached hydrogens (tertiary/aromatic N) is 1. The highest BCUT2D eigenvalue weighted by Gasteiger charge is 2.18. The van der Waals surface area contributed by atoms with Gasteiger partial charge in [-0.2, -0.15) is 0 Å². The lowest BCUT2D eigenvalue weighted by molar-refractivity contribution is 0.415. The Bertz CT molecular complexity index is 384. The van der Waals surface area contributed by atoms with Gasteiger partial charge in [-0.05, 0) is 18.9 Å². The zero-order valence-electron chi connectivity index (χ0n) is 11.5. The molecular weight excluding hydrogens is 224 g/mol. The van der Waals surface area contributed by atoms with Gasteiger partial charge in [0.25, 0.3) is 0 Å². The van der Waals surface area contributed by atoms with E-state index in [-0.39, 0.29) is 0 Å². The fourth-order valence-corrected chi connectivity index (χ4v) is 2.78. The van der Waals surface area contributed by atoms with Gasteiger partial charge in [-0.1, -0.05) is 25.7 Å². The van der Waals surface area contributed by atoms with Gasteiger partial charge in [0.1, 0.15) is 5.75 Å². The monoisotopic (exact) mass is 248 g/mol. The molecule has 0 bridgehead atoms. The lowest BCUT2D eigenvalue weighted by Crippen LogP contribution is -2.31.